The van der Waals surface area contributed by atoms with E-state index in [1.807, 2.05) is 0 Å². The molecule has 29 heavy (non-hydrogen) atoms. The van der Waals surface area contributed by atoms with Gasteiger partial charge in [0.25, 0.3) is 0 Å². The van der Waals surface area contributed by atoms with E-state index in [-0.39, 0.29) is 0 Å². The minimum absolute atomic E-state index is 0.405. The Bertz CT molecular complexity index is 459. The Hall–Kier alpha value is -0.120. The zero-order valence-corrected chi connectivity index (χ0v) is 19.1. The molecule has 2 aliphatic carbocycles. The number of rotatable bonds is 6. The third kappa shape index (κ3) is 5.98. The molecule has 0 aromatic rings. The smallest absolute Gasteiger partial charge is 0.0477 e. The first-order valence-corrected chi connectivity index (χ1v) is 13.3. The van der Waals surface area contributed by atoms with Crippen LogP contribution in [0.3, 0.4) is 0 Å². The molecule has 3 heteroatoms. The quantitative estimate of drug-likeness (QED) is 0.649. The van der Waals surface area contributed by atoms with Crippen LogP contribution in [0, 0.1) is 23.2 Å². The van der Waals surface area contributed by atoms with Crippen LogP contribution < -0.4 is 0 Å². The highest BCUT2D eigenvalue weighted by Crippen LogP contribution is 2.45. The Morgan fingerprint density at radius 2 is 1.31 bits per heavy atom. The van der Waals surface area contributed by atoms with Gasteiger partial charge in [-0.05, 0) is 69.0 Å². The van der Waals surface area contributed by atoms with Gasteiger partial charge in [0.05, 0.1) is 0 Å². The third-order valence-electron chi connectivity index (χ3n) is 9.27. The van der Waals surface area contributed by atoms with Crippen molar-refractivity contribution in [3.8, 4) is 0 Å². The summed E-state index contributed by atoms with van der Waals surface area (Å²) in [7, 11) is 0. The van der Waals surface area contributed by atoms with Crippen LogP contribution in [0.5, 0.6) is 0 Å². The molecule has 1 atom stereocenters. The van der Waals surface area contributed by atoms with Crippen molar-refractivity contribution in [2.75, 3.05) is 45.9 Å². The first-order valence-electron chi connectivity index (χ1n) is 13.3. The minimum Gasteiger partial charge on any atom is -0.396 e. The van der Waals surface area contributed by atoms with Gasteiger partial charge in [-0.25, -0.2) is 0 Å². The van der Waals surface area contributed by atoms with Gasteiger partial charge < -0.3 is 14.9 Å². The largest absolute Gasteiger partial charge is 0.396 e. The van der Waals surface area contributed by atoms with Gasteiger partial charge in [0.1, 0.15) is 0 Å². The fourth-order valence-electron chi connectivity index (χ4n) is 7.24. The number of hydrogen-bond donors (Lipinski definition) is 1. The number of likely N-dealkylation sites (tertiary alicyclic amines) is 2. The minimum atomic E-state index is 0.405. The van der Waals surface area contributed by atoms with Gasteiger partial charge in [-0.15, -0.1) is 0 Å². The lowest BCUT2D eigenvalue weighted by Crippen LogP contribution is -2.46. The van der Waals surface area contributed by atoms with Crippen molar-refractivity contribution in [2.24, 2.45) is 23.2 Å². The van der Waals surface area contributed by atoms with Crippen LogP contribution >= 0.6 is 0 Å². The van der Waals surface area contributed by atoms with Gasteiger partial charge in [0.15, 0.2) is 0 Å². The summed E-state index contributed by atoms with van der Waals surface area (Å²) < 4.78 is 0. The van der Waals surface area contributed by atoms with E-state index in [0.29, 0.717) is 17.9 Å². The van der Waals surface area contributed by atoms with E-state index in [0.717, 1.165) is 18.4 Å². The Morgan fingerprint density at radius 1 is 0.724 bits per heavy atom. The molecule has 0 aromatic carbocycles. The molecule has 2 saturated heterocycles. The van der Waals surface area contributed by atoms with E-state index >= 15 is 0 Å². The van der Waals surface area contributed by atoms with Crippen LogP contribution in [-0.4, -0.2) is 60.8 Å². The van der Waals surface area contributed by atoms with Gasteiger partial charge in [-0.1, -0.05) is 64.2 Å². The Morgan fingerprint density at radius 3 is 1.97 bits per heavy atom. The van der Waals surface area contributed by atoms with Crippen molar-refractivity contribution in [3.63, 3.8) is 0 Å². The lowest BCUT2D eigenvalue weighted by atomic mass is 9.71. The van der Waals surface area contributed by atoms with Crippen LogP contribution in [0.15, 0.2) is 0 Å². The molecule has 1 spiro atoms. The number of aliphatic hydroxyl groups is 1. The zero-order chi connectivity index (χ0) is 19.9. The molecule has 0 bridgehead atoms. The van der Waals surface area contributed by atoms with E-state index in [1.54, 1.807) is 0 Å². The van der Waals surface area contributed by atoms with Crippen LogP contribution in [0.1, 0.15) is 96.3 Å². The molecule has 1 unspecified atom stereocenters. The molecule has 1 N–H and O–H groups in total. The lowest BCUT2D eigenvalue weighted by Gasteiger charge is -2.43. The fourth-order valence-corrected chi connectivity index (χ4v) is 7.24. The first kappa shape index (κ1) is 22.1. The molecule has 4 fully saturated rings. The monoisotopic (exact) mass is 404 g/mol. The highest BCUT2D eigenvalue weighted by molar-refractivity contribution is 4.99. The second-order valence-electron chi connectivity index (χ2n) is 11.3. The molecule has 4 rings (SSSR count). The molecule has 168 valence electrons. The maximum Gasteiger partial charge on any atom is 0.0477 e. The maximum atomic E-state index is 10.2. The van der Waals surface area contributed by atoms with Crippen LogP contribution in [0.4, 0.5) is 0 Å². The molecular formula is C26H48N2O. The Labute approximate surface area is 180 Å². The summed E-state index contributed by atoms with van der Waals surface area (Å²) in [6.07, 6.45) is 21.7. The summed E-state index contributed by atoms with van der Waals surface area (Å²) in [5.74, 6) is 2.46. The van der Waals surface area contributed by atoms with Crippen molar-refractivity contribution in [2.45, 2.75) is 96.3 Å². The van der Waals surface area contributed by atoms with Gasteiger partial charge >= 0.3 is 0 Å². The zero-order valence-electron chi connectivity index (χ0n) is 19.1. The molecule has 0 radical (unpaired) electrons. The molecular weight excluding hydrogens is 356 g/mol. The SMILES string of the molecule is OCC1CN(CCC2CCCCCCC2)CC12CCN(CC1CCCCC1)CC2. The Kier molecular flexibility index (Phi) is 8.34. The highest BCUT2D eigenvalue weighted by Gasteiger charge is 2.47. The summed E-state index contributed by atoms with van der Waals surface area (Å²) in [6, 6.07) is 0. The van der Waals surface area contributed by atoms with Gasteiger partial charge in [-0.2, -0.15) is 0 Å². The van der Waals surface area contributed by atoms with Crippen LogP contribution in [0.25, 0.3) is 0 Å². The van der Waals surface area contributed by atoms with E-state index in [1.165, 1.54) is 129 Å². The van der Waals surface area contributed by atoms with Crippen LogP contribution in [0.2, 0.25) is 0 Å². The first-order chi connectivity index (χ1) is 14.3. The lowest BCUT2D eigenvalue weighted by molar-refractivity contribution is 0.0424. The van der Waals surface area contributed by atoms with E-state index in [2.05, 4.69) is 9.80 Å². The average molecular weight is 405 g/mol. The topological polar surface area (TPSA) is 26.7 Å². The van der Waals surface area contributed by atoms with Gasteiger partial charge in [0.2, 0.25) is 0 Å². The predicted molar refractivity (Wildman–Crippen MR) is 122 cm³/mol. The summed E-state index contributed by atoms with van der Waals surface area (Å²) in [5.41, 5.74) is 0.415. The summed E-state index contributed by atoms with van der Waals surface area (Å²) in [4.78, 5) is 5.52. The van der Waals surface area contributed by atoms with Crippen molar-refractivity contribution < 1.29 is 5.11 Å². The molecule has 2 heterocycles. The van der Waals surface area contributed by atoms with Crippen molar-refractivity contribution in [1.29, 1.82) is 0 Å². The summed E-state index contributed by atoms with van der Waals surface area (Å²) in [6.45, 7) is 8.03. The van der Waals surface area contributed by atoms with Crippen LogP contribution in [-0.2, 0) is 0 Å². The van der Waals surface area contributed by atoms with E-state index < -0.39 is 0 Å². The summed E-state index contributed by atoms with van der Waals surface area (Å²) >= 11 is 0. The molecule has 3 nitrogen and oxygen atoms in total. The Balaban J connectivity index is 1.23. The average Bonchev–Trinajstić information content (AvgIpc) is 3.07. The van der Waals surface area contributed by atoms with Crippen molar-refractivity contribution in [1.82, 2.24) is 9.80 Å². The van der Waals surface area contributed by atoms with Crippen molar-refractivity contribution in [3.05, 3.63) is 0 Å². The molecule has 2 saturated carbocycles. The third-order valence-corrected chi connectivity index (χ3v) is 9.27. The summed E-state index contributed by atoms with van der Waals surface area (Å²) in [5, 5.41) is 10.2. The van der Waals surface area contributed by atoms with Gasteiger partial charge in [0, 0.05) is 32.2 Å². The van der Waals surface area contributed by atoms with E-state index in [4.69, 9.17) is 0 Å². The standard InChI is InChI=1S/C26H48N2O/c29-21-25-20-28(16-13-23-9-5-2-1-3-6-10-23)22-26(25)14-17-27(18-15-26)19-24-11-7-4-8-12-24/h23-25,29H,1-22H2. The highest BCUT2D eigenvalue weighted by atomic mass is 16.3. The van der Waals surface area contributed by atoms with Gasteiger partial charge in [-0.3, -0.25) is 0 Å². The molecule has 4 aliphatic rings. The fraction of sp³-hybridized carbons (Fsp3) is 1.00. The number of piperidine rings is 1. The number of nitrogens with zero attached hydrogens (tertiary/aromatic N) is 2. The van der Waals surface area contributed by atoms with Crippen molar-refractivity contribution >= 4 is 0 Å². The molecule has 2 aliphatic heterocycles. The number of hydrogen-bond acceptors (Lipinski definition) is 3. The second-order valence-corrected chi connectivity index (χ2v) is 11.3. The maximum absolute atomic E-state index is 10.2. The molecule has 0 aromatic heterocycles. The number of aliphatic hydroxyl groups excluding tert-OH is 1. The second kappa shape index (κ2) is 11.0. The predicted octanol–water partition coefficient (Wildman–Crippen LogP) is 5.32. The molecule has 0 amide bonds. The van der Waals surface area contributed by atoms with E-state index in [9.17, 15) is 5.11 Å². The normalized spacial score (nSPS) is 31.1.